The van der Waals surface area contributed by atoms with Crippen molar-refractivity contribution in [2.75, 3.05) is 0 Å². The highest BCUT2D eigenvalue weighted by Gasteiger charge is 2.21. The SMILES string of the molecule is Cc1nnc(-c2cccc(-c3noc(-c4cc(-c5nc(-c6cccc(-c7nnc(C)s7)c6)no5)cc(-c5nc(-c6cccc(-c7nnc(C)s7)c6)no5)c4)n3)c2)s1. The number of benzene rings is 4. The van der Waals surface area contributed by atoms with E-state index in [1.807, 2.05) is 112 Å². The van der Waals surface area contributed by atoms with Crippen LogP contribution in [-0.2, 0) is 0 Å². The topological polar surface area (TPSA) is 194 Å². The summed E-state index contributed by atoms with van der Waals surface area (Å²) in [5.41, 5.74) is 6.69. The van der Waals surface area contributed by atoms with Crippen molar-refractivity contribution in [3.63, 3.8) is 0 Å². The predicted octanol–water partition coefficient (Wildman–Crippen LogP) is 9.32. The van der Waals surface area contributed by atoms with Gasteiger partial charge in [0, 0.05) is 50.1 Å². The Hall–Kier alpha value is -7.02. The molecule has 57 heavy (non-hydrogen) atoms. The lowest BCUT2D eigenvalue weighted by molar-refractivity contribution is 0.429. The maximum atomic E-state index is 5.86. The molecule has 0 aliphatic heterocycles. The average Bonchev–Trinajstić information content (AvgIpc) is 4.10. The Balaban J connectivity index is 1.03. The second-order valence-electron chi connectivity index (χ2n) is 12.7. The van der Waals surface area contributed by atoms with Crippen LogP contribution in [0.4, 0.5) is 0 Å². The number of hydrogen-bond donors (Lipinski definition) is 0. The number of nitrogens with zero attached hydrogens (tertiary/aromatic N) is 12. The number of aromatic nitrogens is 12. The van der Waals surface area contributed by atoms with Crippen LogP contribution in [-0.4, -0.2) is 61.0 Å². The molecule has 0 bridgehead atoms. The van der Waals surface area contributed by atoms with Gasteiger partial charge in [-0.15, -0.1) is 30.6 Å². The van der Waals surface area contributed by atoms with Crippen LogP contribution < -0.4 is 0 Å². The Bertz CT molecular complexity index is 2730. The highest BCUT2D eigenvalue weighted by atomic mass is 32.1. The van der Waals surface area contributed by atoms with Crippen LogP contribution in [0.25, 0.3) is 100 Å². The Morgan fingerprint density at radius 3 is 0.912 bits per heavy atom. The molecule has 0 spiro atoms. The van der Waals surface area contributed by atoms with Gasteiger partial charge in [0.1, 0.15) is 30.0 Å². The molecule has 0 aliphatic rings. The monoisotopic (exact) mass is 804 g/mol. The van der Waals surface area contributed by atoms with Gasteiger partial charge in [0.05, 0.1) is 0 Å². The van der Waals surface area contributed by atoms with Gasteiger partial charge in [-0.05, 0) is 57.2 Å². The van der Waals surface area contributed by atoms with E-state index in [-0.39, 0.29) is 17.7 Å². The van der Waals surface area contributed by atoms with Gasteiger partial charge in [-0.3, -0.25) is 0 Å². The molecule has 6 heterocycles. The summed E-state index contributed by atoms with van der Waals surface area (Å²) < 4.78 is 17.6. The molecule has 0 aliphatic carbocycles. The minimum absolute atomic E-state index is 0.254. The van der Waals surface area contributed by atoms with Gasteiger partial charge in [-0.25, -0.2) is 0 Å². The van der Waals surface area contributed by atoms with Crippen molar-refractivity contribution in [2.24, 2.45) is 0 Å². The van der Waals surface area contributed by atoms with Gasteiger partial charge in [0.25, 0.3) is 17.7 Å². The number of aryl methyl sites for hydroxylation is 3. The minimum Gasteiger partial charge on any atom is -0.334 e. The standard InChI is InChI=1S/C39H24N12O3S3/c1-19-43-46-37(55-19)25-10-4-7-22(13-25)31-40-34(52-49-31)28-16-29(35-41-32(50-53-35)23-8-5-11-26(14-23)38-47-44-20(2)56-38)18-30(17-28)36-42-33(51-54-36)24-9-6-12-27(15-24)39-48-45-21(3)57-39/h4-18H,1-3H3. The summed E-state index contributed by atoms with van der Waals surface area (Å²) in [5, 5.41) is 43.3. The van der Waals surface area contributed by atoms with E-state index in [0.29, 0.717) is 34.2 Å². The molecule has 276 valence electrons. The molecule has 10 rings (SSSR count). The lowest BCUT2D eigenvalue weighted by atomic mass is 10.0. The molecular formula is C39H24N12O3S3. The normalized spacial score (nSPS) is 11.4. The van der Waals surface area contributed by atoms with Gasteiger partial charge in [0.2, 0.25) is 17.5 Å². The maximum Gasteiger partial charge on any atom is 0.258 e. The molecule has 4 aromatic carbocycles. The second kappa shape index (κ2) is 14.2. The third-order valence-electron chi connectivity index (χ3n) is 8.63. The zero-order chi connectivity index (χ0) is 38.5. The summed E-state index contributed by atoms with van der Waals surface area (Å²) in [7, 11) is 0. The molecule has 18 heteroatoms. The molecule has 6 aromatic heterocycles. The molecule has 0 fully saturated rings. The first-order valence-corrected chi connectivity index (χ1v) is 19.7. The van der Waals surface area contributed by atoms with Crippen molar-refractivity contribution in [3.8, 4) is 100 Å². The largest absolute Gasteiger partial charge is 0.334 e. The first-order chi connectivity index (χ1) is 27.9. The minimum atomic E-state index is 0.254. The van der Waals surface area contributed by atoms with Crippen LogP contribution in [0.1, 0.15) is 15.0 Å². The van der Waals surface area contributed by atoms with Crippen LogP contribution >= 0.6 is 34.0 Å². The van der Waals surface area contributed by atoms with E-state index in [4.69, 9.17) is 28.5 Å². The lowest BCUT2D eigenvalue weighted by Crippen LogP contribution is -1.88. The molecule has 0 unspecified atom stereocenters. The summed E-state index contributed by atoms with van der Waals surface area (Å²) in [4.78, 5) is 14.3. The second-order valence-corrected chi connectivity index (χ2v) is 16.2. The highest BCUT2D eigenvalue weighted by Crippen LogP contribution is 2.36. The maximum absolute atomic E-state index is 5.86. The molecule has 0 amide bonds. The Morgan fingerprint density at radius 2 is 0.632 bits per heavy atom. The summed E-state index contributed by atoms with van der Waals surface area (Å²) in [6, 6.07) is 28.8. The van der Waals surface area contributed by atoms with Crippen LogP contribution in [0, 0.1) is 20.8 Å². The van der Waals surface area contributed by atoms with Crippen LogP contribution in [0.15, 0.2) is 105 Å². The summed E-state index contributed by atoms with van der Waals surface area (Å²) in [5.74, 6) is 1.96. The molecule has 15 nitrogen and oxygen atoms in total. The van der Waals surface area contributed by atoms with Gasteiger partial charge in [0.15, 0.2) is 0 Å². The van der Waals surface area contributed by atoms with Gasteiger partial charge in [-0.1, -0.05) is 104 Å². The zero-order valence-corrected chi connectivity index (χ0v) is 32.4. The average molecular weight is 805 g/mol. The van der Waals surface area contributed by atoms with Gasteiger partial charge >= 0.3 is 0 Å². The Kier molecular flexibility index (Phi) is 8.61. The quantitative estimate of drug-likeness (QED) is 0.134. The smallest absolute Gasteiger partial charge is 0.258 e. The highest BCUT2D eigenvalue weighted by molar-refractivity contribution is 7.15. The zero-order valence-electron chi connectivity index (χ0n) is 30.0. The van der Waals surface area contributed by atoms with Crippen molar-refractivity contribution in [1.82, 2.24) is 61.0 Å². The summed E-state index contributed by atoms with van der Waals surface area (Å²) in [6.45, 7) is 5.76. The van der Waals surface area contributed by atoms with Crippen molar-refractivity contribution >= 4 is 34.0 Å². The van der Waals surface area contributed by atoms with E-state index in [0.717, 1.165) is 63.4 Å². The first-order valence-electron chi connectivity index (χ1n) is 17.3. The molecular weight excluding hydrogens is 781 g/mol. The van der Waals surface area contributed by atoms with E-state index in [2.05, 4.69) is 46.1 Å². The molecule has 0 saturated heterocycles. The molecule has 10 aromatic rings. The third kappa shape index (κ3) is 6.92. The fourth-order valence-corrected chi connectivity index (χ4v) is 8.05. The summed E-state index contributed by atoms with van der Waals surface area (Å²) >= 11 is 4.53. The number of hydrogen-bond acceptors (Lipinski definition) is 18. The molecule has 0 radical (unpaired) electrons. The van der Waals surface area contributed by atoms with Crippen LogP contribution in [0.2, 0.25) is 0 Å². The Morgan fingerprint density at radius 1 is 0.351 bits per heavy atom. The van der Waals surface area contributed by atoms with Crippen molar-refractivity contribution in [2.45, 2.75) is 20.8 Å². The third-order valence-corrected chi connectivity index (χ3v) is 11.3. The lowest BCUT2D eigenvalue weighted by Gasteiger charge is -2.03. The number of rotatable bonds is 9. The van der Waals surface area contributed by atoms with E-state index >= 15 is 0 Å². The van der Waals surface area contributed by atoms with Gasteiger partial charge in [-0.2, -0.15) is 15.0 Å². The summed E-state index contributed by atoms with van der Waals surface area (Å²) in [6.07, 6.45) is 0. The molecule has 0 atom stereocenters. The molecule has 0 N–H and O–H groups in total. The van der Waals surface area contributed by atoms with E-state index in [1.165, 1.54) is 34.0 Å². The van der Waals surface area contributed by atoms with Gasteiger partial charge < -0.3 is 13.6 Å². The Labute approximate surface area is 334 Å². The van der Waals surface area contributed by atoms with Crippen molar-refractivity contribution < 1.29 is 13.6 Å². The van der Waals surface area contributed by atoms with Crippen LogP contribution in [0.3, 0.4) is 0 Å². The van der Waals surface area contributed by atoms with Crippen molar-refractivity contribution in [3.05, 3.63) is 106 Å². The van der Waals surface area contributed by atoms with Crippen LogP contribution in [0.5, 0.6) is 0 Å². The fourth-order valence-electron chi connectivity index (χ4n) is 5.99. The van der Waals surface area contributed by atoms with E-state index in [1.54, 1.807) is 0 Å². The fraction of sp³-hybridized carbons (Fsp3) is 0.0769. The molecule has 0 saturated carbocycles. The van der Waals surface area contributed by atoms with E-state index < -0.39 is 0 Å². The first kappa shape index (κ1) is 34.5. The van der Waals surface area contributed by atoms with E-state index in [9.17, 15) is 0 Å². The predicted molar refractivity (Wildman–Crippen MR) is 214 cm³/mol. The van der Waals surface area contributed by atoms with Crippen molar-refractivity contribution in [1.29, 1.82) is 0 Å².